The Balaban J connectivity index is 1.22. The molecule has 248 valence electrons. The van der Waals surface area contributed by atoms with Gasteiger partial charge >= 0.3 is 0 Å². The third-order valence-corrected chi connectivity index (χ3v) is 10.1. The predicted molar refractivity (Wildman–Crippen MR) is 185 cm³/mol. The van der Waals surface area contributed by atoms with Crippen molar-refractivity contribution in [3.63, 3.8) is 0 Å². The molecule has 0 radical (unpaired) electrons. The number of nitrogens with zero attached hydrogens (tertiary/aromatic N) is 7. The Hall–Kier alpha value is -3.86. The minimum absolute atomic E-state index is 0.0820. The van der Waals surface area contributed by atoms with E-state index in [0.29, 0.717) is 55.4 Å². The number of rotatable bonds is 10. The highest BCUT2D eigenvalue weighted by Gasteiger charge is 2.30. The number of halogens is 1. The molecular formula is C37H46FN7O2. The second-order valence-electron chi connectivity index (χ2n) is 13.6. The Morgan fingerprint density at radius 1 is 0.936 bits per heavy atom. The Bertz CT molecular complexity index is 1770. The highest BCUT2D eigenvalue weighted by Crippen LogP contribution is 2.38. The lowest BCUT2D eigenvalue weighted by Crippen LogP contribution is -2.48. The first-order valence-corrected chi connectivity index (χ1v) is 17.1. The Morgan fingerprint density at radius 3 is 2.49 bits per heavy atom. The van der Waals surface area contributed by atoms with E-state index in [2.05, 4.69) is 64.6 Å². The molecule has 0 unspecified atom stereocenters. The topological polar surface area (TPSA) is 81.0 Å². The monoisotopic (exact) mass is 639 g/mol. The van der Waals surface area contributed by atoms with Crippen molar-refractivity contribution in [3.05, 3.63) is 93.5 Å². The lowest BCUT2D eigenvalue weighted by atomic mass is 10.0. The fourth-order valence-corrected chi connectivity index (χ4v) is 7.38. The van der Waals surface area contributed by atoms with Crippen LogP contribution in [0.2, 0.25) is 0 Å². The molecule has 3 fully saturated rings. The number of β-amino-alcohol motifs (C(OH)–C–C–N with tert-alkyl or cyclic N) is 1. The molecule has 10 heteroatoms. The molecule has 1 aromatic carbocycles. The smallest absolute Gasteiger partial charge is 0.193 e. The number of aromatic nitrogens is 3. The van der Waals surface area contributed by atoms with Gasteiger partial charge in [-0.25, -0.2) is 4.39 Å². The standard InChI is InChI=1S/C37H46FN7O2/c1-26-5-6-31(21-40-26)43-11-3-4-32(25-43)44(22-28-9-10-39-27(2)18-28)23-29-24-45(30-7-8-30)35-20-36(34(38)19-33(35)37(29)47)42-14-12-41(13-15-42)16-17-46/h5-6,9-10,18-21,24,30,32,46H,3-4,7-8,11-17,22-23,25H2,1-2H3/t32-/m0/s1. The lowest BCUT2D eigenvalue weighted by molar-refractivity contribution is 0.158. The van der Waals surface area contributed by atoms with Crippen LogP contribution in [0.5, 0.6) is 0 Å². The van der Waals surface area contributed by atoms with Gasteiger partial charge < -0.3 is 19.5 Å². The molecule has 9 nitrogen and oxygen atoms in total. The third kappa shape index (κ3) is 7.05. The van der Waals surface area contributed by atoms with Crippen LogP contribution in [0.3, 0.4) is 0 Å². The van der Waals surface area contributed by atoms with E-state index in [1.807, 2.05) is 32.3 Å². The quantitative estimate of drug-likeness (QED) is 0.268. The van der Waals surface area contributed by atoms with Gasteiger partial charge in [-0.15, -0.1) is 0 Å². The van der Waals surface area contributed by atoms with Gasteiger partial charge in [-0.05, 0) is 81.5 Å². The van der Waals surface area contributed by atoms with Crippen molar-refractivity contribution in [2.24, 2.45) is 0 Å². The van der Waals surface area contributed by atoms with Crippen LogP contribution in [-0.2, 0) is 13.1 Å². The SMILES string of the molecule is Cc1ccc(N2CCC[C@H](N(Cc3ccnc(C)c3)Cc3cn(C4CC4)c4cc(N5CCN(CCO)CC5)c(F)cc4c3=O)C2)cn1. The molecule has 7 rings (SSSR count). The fraction of sp³-hybridized carbons (Fsp3) is 0.486. The first kappa shape index (κ1) is 31.7. The average molecular weight is 640 g/mol. The molecule has 0 amide bonds. The summed E-state index contributed by atoms with van der Waals surface area (Å²) < 4.78 is 18.1. The minimum atomic E-state index is -0.344. The minimum Gasteiger partial charge on any atom is -0.395 e. The Labute approximate surface area is 276 Å². The molecule has 4 aromatic rings. The van der Waals surface area contributed by atoms with E-state index in [1.165, 1.54) is 11.6 Å². The molecule has 2 saturated heterocycles. The van der Waals surface area contributed by atoms with Gasteiger partial charge in [-0.2, -0.15) is 0 Å². The second-order valence-corrected chi connectivity index (χ2v) is 13.6. The first-order valence-electron chi connectivity index (χ1n) is 17.1. The molecule has 3 aliphatic rings. The van der Waals surface area contributed by atoms with Gasteiger partial charge in [0.15, 0.2) is 5.43 Å². The van der Waals surface area contributed by atoms with Crippen molar-refractivity contribution in [1.82, 2.24) is 24.3 Å². The van der Waals surface area contributed by atoms with Crippen LogP contribution in [0.4, 0.5) is 15.8 Å². The summed E-state index contributed by atoms with van der Waals surface area (Å²) in [5.41, 5.74) is 6.29. The summed E-state index contributed by atoms with van der Waals surface area (Å²) in [7, 11) is 0. The van der Waals surface area contributed by atoms with Crippen LogP contribution < -0.4 is 15.2 Å². The largest absolute Gasteiger partial charge is 0.395 e. The first-order chi connectivity index (χ1) is 22.9. The van der Waals surface area contributed by atoms with E-state index < -0.39 is 0 Å². The number of aliphatic hydroxyl groups excluding tert-OH is 1. The Morgan fingerprint density at radius 2 is 1.77 bits per heavy atom. The van der Waals surface area contributed by atoms with E-state index in [9.17, 15) is 9.90 Å². The van der Waals surface area contributed by atoms with Crippen molar-refractivity contribution in [3.8, 4) is 0 Å². The highest BCUT2D eigenvalue weighted by molar-refractivity contribution is 5.84. The summed E-state index contributed by atoms with van der Waals surface area (Å²) in [5, 5.41) is 9.79. The number of piperidine rings is 1. The molecule has 2 aliphatic heterocycles. The zero-order chi connectivity index (χ0) is 32.5. The number of fused-ring (bicyclic) bond motifs is 1. The van der Waals surface area contributed by atoms with E-state index in [4.69, 9.17) is 0 Å². The van der Waals surface area contributed by atoms with Crippen LogP contribution in [0.15, 0.2) is 59.8 Å². The van der Waals surface area contributed by atoms with Crippen molar-refractivity contribution in [2.45, 2.75) is 64.7 Å². The summed E-state index contributed by atoms with van der Waals surface area (Å²) in [6.45, 7) is 10.7. The van der Waals surface area contributed by atoms with E-state index in [-0.39, 0.29) is 23.9 Å². The Kier molecular flexibility index (Phi) is 9.25. The number of aliphatic hydroxyl groups is 1. The fourth-order valence-electron chi connectivity index (χ4n) is 7.38. The second kappa shape index (κ2) is 13.7. The summed E-state index contributed by atoms with van der Waals surface area (Å²) in [6, 6.07) is 12.3. The number of aryl methyl sites for hydroxylation is 2. The lowest BCUT2D eigenvalue weighted by Gasteiger charge is -2.40. The highest BCUT2D eigenvalue weighted by atomic mass is 19.1. The van der Waals surface area contributed by atoms with E-state index in [0.717, 1.165) is 74.5 Å². The zero-order valence-corrected chi connectivity index (χ0v) is 27.6. The summed E-state index contributed by atoms with van der Waals surface area (Å²) in [6.07, 6.45) is 10.1. The van der Waals surface area contributed by atoms with Gasteiger partial charge in [0.2, 0.25) is 0 Å². The number of piperazine rings is 1. The van der Waals surface area contributed by atoms with Gasteiger partial charge in [0.1, 0.15) is 5.82 Å². The maximum Gasteiger partial charge on any atom is 0.193 e. The van der Waals surface area contributed by atoms with Crippen LogP contribution in [0, 0.1) is 19.7 Å². The van der Waals surface area contributed by atoms with Crippen molar-refractivity contribution < 1.29 is 9.50 Å². The molecule has 1 N–H and O–H groups in total. The van der Waals surface area contributed by atoms with Gasteiger partial charge in [0, 0.05) is 106 Å². The molecule has 5 heterocycles. The van der Waals surface area contributed by atoms with Gasteiger partial charge in [0.05, 0.1) is 29.7 Å². The summed E-state index contributed by atoms with van der Waals surface area (Å²) >= 11 is 0. The van der Waals surface area contributed by atoms with Crippen LogP contribution in [0.1, 0.15) is 54.2 Å². The molecule has 47 heavy (non-hydrogen) atoms. The average Bonchev–Trinajstić information content (AvgIpc) is 3.92. The van der Waals surface area contributed by atoms with Crippen LogP contribution in [0.25, 0.3) is 10.9 Å². The van der Waals surface area contributed by atoms with Gasteiger partial charge in [-0.1, -0.05) is 0 Å². The maximum atomic E-state index is 15.8. The molecule has 1 saturated carbocycles. The molecule has 1 atom stereocenters. The maximum absolute atomic E-state index is 15.8. The van der Waals surface area contributed by atoms with E-state index >= 15 is 4.39 Å². The number of pyridine rings is 3. The molecule has 3 aromatic heterocycles. The van der Waals surface area contributed by atoms with Crippen molar-refractivity contribution in [2.75, 3.05) is 62.2 Å². The van der Waals surface area contributed by atoms with Gasteiger partial charge in [0.25, 0.3) is 0 Å². The molecule has 0 spiro atoms. The summed E-state index contributed by atoms with van der Waals surface area (Å²) in [5.74, 6) is -0.344. The predicted octanol–water partition coefficient (Wildman–Crippen LogP) is 4.67. The number of benzene rings is 1. The van der Waals surface area contributed by atoms with Crippen molar-refractivity contribution in [1.29, 1.82) is 0 Å². The number of hydrogen-bond acceptors (Lipinski definition) is 8. The van der Waals surface area contributed by atoms with Crippen LogP contribution >= 0.6 is 0 Å². The van der Waals surface area contributed by atoms with Gasteiger partial charge in [-0.3, -0.25) is 24.6 Å². The molecular weight excluding hydrogens is 593 g/mol. The van der Waals surface area contributed by atoms with Crippen molar-refractivity contribution >= 4 is 22.3 Å². The number of hydrogen-bond donors (Lipinski definition) is 1. The van der Waals surface area contributed by atoms with E-state index in [1.54, 1.807) is 0 Å². The number of anilines is 2. The molecule has 0 bridgehead atoms. The normalized spacial score (nSPS) is 19.2. The molecule has 1 aliphatic carbocycles. The third-order valence-electron chi connectivity index (χ3n) is 10.1. The van der Waals surface area contributed by atoms with Crippen LogP contribution in [-0.4, -0.2) is 87.9 Å². The zero-order valence-electron chi connectivity index (χ0n) is 27.6. The summed E-state index contributed by atoms with van der Waals surface area (Å²) in [4.78, 5) is 32.3.